The average molecular weight is 853 g/mol. The van der Waals surface area contributed by atoms with Gasteiger partial charge < -0.3 is 24.8 Å². The highest BCUT2D eigenvalue weighted by atomic mass is 79.9. The van der Waals surface area contributed by atoms with Gasteiger partial charge in [-0.3, -0.25) is 34.3 Å². The summed E-state index contributed by atoms with van der Waals surface area (Å²) < 4.78 is 14.6. The molecule has 2 saturated heterocycles. The minimum atomic E-state index is -0.656. The maximum Gasteiger partial charge on any atom is 0.255 e. The predicted octanol–water partition coefficient (Wildman–Crippen LogP) is 6.29. The van der Waals surface area contributed by atoms with Crippen LogP contribution in [-0.4, -0.2) is 94.8 Å². The van der Waals surface area contributed by atoms with E-state index in [1.165, 1.54) is 4.90 Å². The minimum Gasteiger partial charge on any atom is -0.508 e. The molecule has 294 valence electrons. The first-order chi connectivity index (χ1) is 27.6. The fourth-order valence-corrected chi connectivity index (χ4v) is 8.99. The van der Waals surface area contributed by atoms with Crippen LogP contribution in [0.3, 0.4) is 0 Å². The van der Waals surface area contributed by atoms with Crippen molar-refractivity contribution in [2.75, 3.05) is 39.3 Å². The number of nitrogens with one attached hydrogen (secondary N) is 2. The molecule has 4 heterocycles. The molecule has 3 aliphatic rings. The van der Waals surface area contributed by atoms with Crippen molar-refractivity contribution in [2.45, 2.75) is 44.9 Å². The van der Waals surface area contributed by atoms with Crippen LogP contribution in [0.2, 0.25) is 0 Å². The number of carbonyl (C=O) groups is 4. The summed E-state index contributed by atoms with van der Waals surface area (Å²) in [6.45, 7) is 6.77. The number of carbonyl (C=O) groups excluding carboxylic acids is 4. The molecule has 0 bridgehead atoms. The standard InChI is InChI=1S/C43H42BrN5O7S/c1-26(25-55-32-8-10-33(11-9-32)56-40-35-13-7-31(50)21-37(35)57-41(40)28-3-5-30(44)6-4-28)48-18-16-47(17-19-48)24-39(52)45-22-27-2-12-34-29(20-27)23-49(43(34)54)36-14-15-38(51)46-42(36)53/h2-13,20-21,26,36,50H,14-19,22-25H2,1H3,(H,45,52)(H,46,51,53). The Balaban J connectivity index is 0.780. The van der Waals surface area contributed by atoms with Crippen molar-refractivity contribution in [3.05, 3.63) is 106 Å². The quantitative estimate of drug-likeness (QED) is 0.124. The van der Waals surface area contributed by atoms with Crippen molar-refractivity contribution < 1.29 is 33.8 Å². The van der Waals surface area contributed by atoms with E-state index in [4.69, 9.17) is 9.47 Å². The second-order valence-electron chi connectivity index (χ2n) is 14.7. The molecule has 0 saturated carbocycles. The van der Waals surface area contributed by atoms with Crippen LogP contribution in [0, 0.1) is 0 Å². The number of hydrogen-bond donors (Lipinski definition) is 3. The molecule has 4 amide bonds. The molecular weight excluding hydrogens is 810 g/mol. The van der Waals surface area contributed by atoms with Crippen LogP contribution in [0.15, 0.2) is 89.4 Å². The number of aromatic hydroxyl groups is 1. The first kappa shape index (κ1) is 38.6. The van der Waals surface area contributed by atoms with Crippen molar-refractivity contribution in [3.8, 4) is 33.4 Å². The lowest BCUT2D eigenvalue weighted by Crippen LogP contribution is -2.52. The Morgan fingerprint density at radius 1 is 0.965 bits per heavy atom. The molecule has 2 unspecified atom stereocenters. The first-order valence-electron chi connectivity index (χ1n) is 19.0. The molecule has 12 nitrogen and oxygen atoms in total. The van der Waals surface area contributed by atoms with Crippen molar-refractivity contribution in [1.29, 1.82) is 0 Å². The molecule has 1 aromatic heterocycles. The Hall–Kier alpha value is -5.28. The summed E-state index contributed by atoms with van der Waals surface area (Å²) >= 11 is 5.09. The smallest absolute Gasteiger partial charge is 0.255 e. The largest absolute Gasteiger partial charge is 0.508 e. The Morgan fingerprint density at radius 3 is 2.47 bits per heavy atom. The second kappa shape index (κ2) is 16.7. The van der Waals surface area contributed by atoms with Crippen LogP contribution in [0.1, 0.15) is 41.3 Å². The van der Waals surface area contributed by atoms with Gasteiger partial charge in [0.1, 0.15) is 29.9 Å². The number of imide groups is 1. The van der Waals surface area contributed by atoms with Gasteiger partial charge in [-0.1, -0.05) is 40.2 Å². The molecule has 3 N–H and O–H groups in total. The normalized spacial score (nSPS) is 18.0. The third-order valence-corrected chi connectivity index (χ3v) is 12.5. The van der Waals surface area contributed by atoms with Crippen molar-refractivity contribution in [1.82, 2.24) is 25.3 Å². The van der Waals surface area contributed by atoms with Gasteiger partial charge in [0.05, 0.1) is 11.4 Å². The zero-order valence-corrected chi connectivity index (χ0v) is 33.7. The van der Waals surface area contributed by atoms with E-state index in [2.05, 4.69) is 43.3 Å². The number of nitrogens with zero attached hydrogens (tertiary/aromatic N) is 3. The average Bonchev–Trinajstić information content (AvgIpc) is 3.72. The molecular formula is C43H42BrN5O7S. The van der Waals surface area contributed by atoms with Gasteiger partial charge in [0, 0.05) is 71.9 Å². The molecule has 3 aliphatic heterocycles. The lowest BCUT2D eigenvalue weighted by molar-refractivity contribution is -0.137. The van der Waals surface area contributed by atoms with E-state index < -0.39 is 11.9 Å². The van der Waals surface area contributed by atoms with E-state index in [0.29, 0.717) is 44.0 Å². The highest BCUT2D eigenvalue weighted by molar-refractivity contribution is 9.10. The van der Waals surface area contributed by atoms with Crippen molar-refractivity contribution >= 4 is 61.0 Å². The second-order valence-corrected chi connectivity index (χ2v) is 16.6. The molecule has 5 aromatic rings. The Kier molecular flexibility index (Phi) is 11.3. The zero-order valence-electron chi connectivity index (χ0n) is 31.3. The third kappa shape index (κ3) is 8.69. The number of benzene rings is 4. The number of hydrogen-bond acceptors (Lipinski definition) is 10. The molecule has 57 heavy (non-hydrogen) atoms. The summed E-state index contributed by atoms with van der Waals surface area (Å²) in [4.78, 5) is 56.9. The van der Waals surface area contributed by atoms with E-state index in [1.807, 2.05) is 66.7 Å². The summed E-state index contributed by atoms with van der Waals surface area (Å²) in [7, 11) is 0. The SMILES string of the molecule is CC(COc1ccc(Oc2c(-c3ccc(Br)cc3)sc3cc(O)ccc23)cc1)N1CCN(CC(=O)NCc2ccc3c(c2)CN(C2CCC(=O)NC2=O)C3=O)CC1. The van der Waals surface area contributed by atoms with Crippen LogP contribution in [-0.2, 0) is 27.5 Å². The van der Waals surface area contributed by atoms with E-state index in [0.717, 1.165) is 73.8 Å². The van der Waals surface area contributed by atoms with E-state index in [1.54, 1.807) is 29.5 Å². The van der Waals surface area contributed by atoms with E-state index in [9.17, 15) is 24.3 Å². The maximum atomic E-state index is 13.0. The summed E-state index contributed by atoms with van der Waals surface area (Å²) in [5.74, 6) is 1.37. The van der Waals surface area contributed by atoms with Gasteiger partial charge in [0.25, 0.3) is 5.91 Å². The van der Waals surface area contributed by atoms with Crippen molar-refractivity contribution in [3.63, 3.8) is 0 Å². The Morgan fingerprint density at radius 2 is 1.72 bits per heavy atom. The number of fused-ring (bicyclic) bond motifs is 2. The number of amides is 4. The van der Waals surface area contributed by atoms with Crippen LogP contribution in [0.5, 0.6) is 23.0 Å². The van der Waals surface area contributed by atoms with E-state index >= 15 is 0 Å². The van der Waals surface area contributed by atoms with E-state index in [-0.39, 0.29) is 35.9 Å². The van der Waals surface area contributed by atoms with Crippen LogP contribution < -0.4 is 20.1 Å². The third-order valence-electron chi connectivity index (χ3n) is 10.7. The van der Waals surface area contributed by atoms with Crippen LogP contribution >= 0.6 is 27.3 Å². The number of thiophene rings is 1. The number of piperazine rings is 1. The molecule has 0 radical (unpaired) electrons. The van der Waals surface area contributed by atoms with Gasteiger partial charge in [0.2, 0.25) is 17.7 Å². The highest BCUT2D eigenvalue weighted by Crippen LogP contribution is 2.47. The molecule has 8 rings (SSSR count). The monoisotopic (exact) mass is 851 g/mol. The Bertz CT molecular complexity index is 2330. The molecule has 0 spiro atoms. The number of halogens is 1. The number of phenols is 1. The van der Waals surface area contributed by atoms with Crippen molar-refractivity contribution in [2.24, 2.45) is 0 Å². The fraction of sp³-hybridized carbons (Fsp3) is 0.302. The number of piperidine rings is 1. The maximum absolute atomic E-state index is 13.0. The molecule has 2 atom stereocenters. The summed E-state index contributed by atoms with van der Waals surface area (Å²) in [6, 6.07) is 26.1. The van der Waals surface area contributed by atoms with Gasteiger partial charge >= 0.3 is 0 Å². The lowest BCUT2D eigenvalue weighted by Gasteiger charge is -2.37. The highest BCUT2D eigenvalue weighted by Gasteiger charge is 2.39. The fourth-order valence-electron chi connectivity index (χ4n) is 7.56. The van der Waals surface area contributed by atoms with Crippen LogP contribution in [0.25, 0.3) is 20.5 Å². The van der Waals surface area contributed by atoms with Gasteiger partial charge in [0.15, 0.2) is 5.75 Å². The van der Waals surface area contributed by atoms with Crippen LogP contribution in [0.4, 0.5) is 0 Å². The summed E-state index contributed by atoms with van der Waals surface area (Å²) in [6.07, 6.45) is 0.530. The van der Waals surface area contributed by atoms with Gasteiger partial charge in [-0.25, -0.2) is 0 Å². The lowest BCUT2D eigenvalue weighted by atomic mass is 10.0. The summed E-state index contributed by atoms with van der Waals surface area (Å²) in [5.41, 5.74) is 3.27. The molecule has 2 fully saturated rings. The topological polar surface area (TPSA) is 141 Å². The number of ether oxygens (including phenoxy) is 2. The van der Waals surface area contributed by atoms with Gasteiger partial charge in [-0.2, -0.15) is 0 Å². The van der Waals surface area contributed by atoms with Gasteiger partial charge in [-0.15, -0.1) is 11.3 Å². The molecule has 14 heteroatoms. The first-order valence-corrected chi connectivity index (χ1v) is 20.6. The minimum absolute atomic E-state index is 0.0648. The number of phenolic OH excluding ortho intramolecular Hbond substituents is 1. The Labute approximate surface area is 342 Å². The summed E-state index contributed by atoms with van der Waals surface area (Å²) in [5, 5.41) is 16.4. The zero-order chi connectivity index (χ0) is 39.6. The molecule has 0 aliphatic carbocycles. The van der Waals surface area contributed by atoms with Gasteiger partial charge in [-0.05, 0) is 90.7 Å². The number of rotatable bonds is 12. The molecule has 4 aromatic carbocycles. The predicted molar refractivity (Wildman–Crippen MR) is 220 cm³/mol.